The van der Waals surface area contributed by atoms with Crippen LogP contribution in [-0.4, -0.2) is 16.8 Å². The van der Waals surface area contributed by atoms with E-state index >= 15 is 0 Å². The van der Waals surface area contributed by atoms with Crippen molar-refractivity contribution >= 4 is 12.4 Å². The van der Waals surface area contributed by atoms with Crippen LogP contribution in [0.15, 0.2) is 6.20 Å². The number of aromatic nitrogens is 2. The number of halogens is 3. The maximum absolute atomic E-state index is 12.1. The topological polar surface area (TPSA) is 41.6 Å². The van der Waals surface area contributed by atoms with E-state index in [0.29, 0.717) is 6.20 Å². The maximum Gasteiger partial charge on any atom is 1.00 e. The molecule has 0 aromatic carbocycles. The minimum Gasteiger partial charge on any atom is -0.445 e. The first-order chi connectivity index (χ1) is 5.46. The van der Waals surface area contributed by atoms with Crippen LogP contribution in [0.2, 0.25) is 0 Å². The van der Waals surface area contributed by atoms with E-state index in [1.807, 2.05) is 0 Å². The first kappa shape index (κ1) is 13.2. The first-order valence-corrected chi connectivity index (χ1v) is 3.08. The molecular formula is C5H4BF3KN3. The molecule has 0 N–H and O–H groups in total. The molecule has 3 nitrogen and oxygen atoms in total. The summed E-state index contributed by atoms with van der Waals surface area (Å²) < 4.78 is 37.2. The summed E-state index contributed by atoms with van der Waals surface area (Å²) in [7, 11) is 1.30. The fourth-order valence-electron chi connectivity index (χ4n) is 0.831. The fourth-order valence-corrected chi connectivity index (χ4v) is 0.831. The zero-order valence-corrected chi connectivity index (χ0v) is 10.3. The van der Waals surface area contributed by atoms with Gasteiger partial charge in [-0.1, -0.05) is 5.46 Å². The van der Waals surface area contributed by atoms with Gasteiger partial charge in [-0.3, -0.25) is 4.68 Å². The van der Waals surface area contributed by atoms with Crippen molar-refractivity contribution < 1.29 is 64.3 Å². The SMILES string of the molecule is Cn1ncc([B-](F)(F)F)c1C#N.[K+]. The average molecular weight is 213 g/mol. The van der Waals surface area contributed by atoms with Crippen molar-refractivity contribution in [2.75, 3.05) is 0 Å². The summed E-state index contributed by atoms with van der Waals surface area (Å²) in [5, 5.41) is 11.7. The third-order valence-corrected chi connectivity index (χ3v) is 1.43. The summed E-state index contributed by atoms with van der Waals surface area (Å²) in [6.07, 6.45) is 0.665. The molecule has 13 heavy (non-hydrogen) atoms. The summed E-state index contributed by atoms with van der Waals surface area (Å²) in [5.41, 5.74) is -1.37. The number of nitriles is 1. The number of nitrogens with zero attached hydrogens (tertiary/aromatic N) is 3. The van der Waals surface area contributed by atoms with Crippen LogP contribution in [0.3, 0.4) is 0 Å². The average Bonchev–Trinajstić information content (AvgIpc) is 2.29. The molecule has 0 bridgehead atoms. The fraction of sp³-hybridized carbons (Fsp3) is 0.200. The standard InChI is InChI=1S/C5H4BF3N3.K/c1-12-5(2-10)4(3-11-12)6(7,8)9;/h3H,1H3;/q-1;+1. The Morgan fingerprint density at radius 1 is 1.54 bits per heavy atom. The number of hydrogen-bond acceptors (Lipinski definition) is 2. The molecule has 0 atom stereocenters. The van der Waals surface area contributed by atoms with E-state index < -0.39 is 18.1 Å². The molecule has 1 rings (SSSR count). The van der Waals surface area contributed by atoms with Gasteiger partial charge in [-0.05, 0) is 0 Å². The third kappa shape index (κ3) is 2.82. The van der Waals surface area contributed by atoms with E-state index in [1.165, 1.54) is 13.1 Å². The minimum absolute atomic E-state index is 0. The molecule has 8 heteroatoms. The Morgan fingerprint density at radius 3 is 2.38 bits per heavy atom. The number of hydrogen-bond donors (Lipinski definition) is 0. The predicted molar refractivity (Wildman–Crippen MR) is 36.6 cm³/mol. The van der Waals surface area contributed by atoms with E-state index in [2.05, 4.69) is 5.10 Å². The Morgan fingerprint density at radius 2 is 2.08 bits per heavy atom. The Labute approximate surface area is 115 Å². The van der Waals surface area contributed by atoms with Crippen molar-refractivity contribution in [3.63, 3.8) is 0 Å². The molecule has 0 saturated carbocycles. The Bertz CT molecular complexity index is 340. The minimum atomic E-state index is -5.12. The molecule has 0 unspecified atom stereocenters. The molecule has 1 aromatic rings. The van der Waals surface area contributed by atoms with Gasteiger partial charge in [0, 0.05) is 13.2 Å². The van der Waals surface area contributed by atoms with Crippen molar-refractivity contribution in [2.24, 2.45) is 7.05 Å². The molecular weight excluding hydrogens is 209 g/mol. The largest absolute Gasteiger partial charge is 1.00 e. The predicted octanol–water partition coefficient (Wildman–Crippen LogP) is -2.65. The van der Waals surface area contributed by atoms with Gasteiger partial charge in [0.15, 0.2) is 0 Å². The summed E-state index contributed by atoms with van der Waals surface area (Å²) in [6, 6.07) is 1.45. The Balaban J connectivity index is 0.00000144. The zero-order valence-electron chi connectivity index (χ0n) is 7.13. The van der Waals surface area contributed by atoms with E-state index in [9.17, 15) is 12.9 Å². The zero-order chi connectivity index (χ0) is 9.35. The van der Waals surface area contributed by atoms with Crippen molar-refractivity contribution in [3.05, 3.63) is 11.9 Å². The normalized spacial score (nSPS) is 10.4. The molecule has 64 valence electrons. The molecule has 0 saturated heterocycles. The van der Waals surface area contributed by atoms with Gasteiger partial charge in [0.1, 0.15) is 11.8 Å². The molecule has 0 aliphatic heterocycles. The van der Waals surface area contributed by atoms with E-state index in [-0.39, 0.29) is 51.4 Å². The van der Waals surface area contributed by atoms with Gasteiger partial charge in [-0.25, -0.2) is 0 Å². The summed E-state index contributed by atoms with van der Waals surface area (Å²) in [6.45, 7) is -5.12. The van der Waals surface area contributed by atoms with E-state index in [1.54, 1.807) is 0 Å². The van der Waals surface area contributed by atoms with Gasteiger partial charge in [0.2, 0.25) is 0 Å². The van der Waals surface area contributed by atoms with Crippen LogP contribution in [0.4, 0.5) is 12.9 Å². The van der Waals surface area contributed by atoms with Crippen LogP contribution in [0.5, 0.6) is 0 Å². The number of rotatable bonds is 1. The van der Waals surface area contributed by atoms with Crippen molar-refractivity contribution in [1.29, 1.82) is 5.26 Å². The van der Waals surface area contributed by atoms with Crippen LogP contribution in [0, 0.1) is 11.3 Å². The van der Waals surface area contributed by atoms with Crippen molar-refractivity contribution in [1.82, 2.24) is 9.78 Å². The van der Waals surface area contributed by atoms with Gasteiger partial charge >= 0.3 is 58.4 Å². The van der Waals surface area contributed by atoms with E-state index in [0.717, 1.165) is 4.68 Å². The quantitative estimate of drug-likeness (QED) is 0.478. The summed E-state index contributed by atoms with van der Waals surface area (Å²) in [5.74, 6) is 0. The molecule has 0 amide bonds. The van der Waals surface area contributed by atoms with Gasteiger partial charge in [0.05, 0.1) is 0 Å². The number of aryl methyl sites for hydroxylation is 1. The smallest absolute Gasteiger partial charge is 0.445 e. The second-order valence-corrected chi connectivity index (χ2v) is 2.26. The van der Waals surface area contributed by atoms with Gasteiger partial charge in [0.25, 0.3) is 0 Å². The molecule has 0 aliphatic rings. The second kappa shape index (κ2) is 4.61. The first-order valence-electron chi connectivity index (χ1n) is 3.08. The Kier molecular flexibility index (Phi) is 4.68. The summed E-state index contributed by atoms with van der Waals surface area (Å²) in [4.78, 5) is 0. The molecule has 1 heterocycles. The molecule has 0 aliphatic carbocycles. The van der Waals surface area contributed by atoms with Gasteiger partial charge in [-0.2, -0.15) is 10.4 Å². The van der Waals surface area contributed by atoms with Crippen molar-refractivity contribution in [2.45, 2.75) is 0 Å². The van der Waals surface area contributed by atoms with E-state index in [4.69, 9.17) is 5.26 Å². The van der Waals surface area contributed by atoms with Crippen LogP contribution >= 0.6 is 0 Å². The van der Waals surface area contributed by atoms with Gasteiger partial charge in [-0.15, -0.1) is 0 Å². The van der Waals surface area contributed by atoms with Crippen LogP contribution in [0.25, 0.3) is 0 Å². The molecule has 0 radical (unpaired) electrons. The third-order valence-electron chi connectivity index (χ3n) is 1.43. The van der Waals surface area contributed by atoms with Crippen LogP contribution in [-0.2, 0) is 7.05 Å². The second-order valence-electron chi connectivity index (χ2n) is 2.26. The molecule has 0 spiro atoms. The van der Waals surface area contributed by atoms with Crippen LogP contribution in [0.1, 0.15) is 5.69 Å². The van der Waals surface area contributed by atoms with Crippen molar-refractivity contribution in [3.8, 4) is 6.07 Å². The monoisotopic (exact) mass is 213 g/mol. The molecule has 0 fully saturated rings. The van der Waals surface area contributed by atoms with Gasteiger partial charge < -0.3 is 12.9 Å². The molecule has 1 aromatic heterocycles. The summed E-state index contributed by atoms with van der Waals surface area (Å²) >= 11 is 0. The van der Waals surface area contributed by atoms with Crippen LogP contribution < -0.4 is 56.8 Å². The Hall–Kier alpha value is 0.191. The maximum atomic E-state index is 12.1.